The predicted octanol–water partition coefficient (Wildman–Crippen LogP) is 3.04. The van der Waals surface area contributed by atoms with Crippen molar-refractivity contribution in [1.82, 2.24) is 14.7 Å². The number of benzene rings is 1. The first-order chi connectivity index (χ1) is 12.1. The number of aromatic nitrogens is 2. The topological polar surface area (TPSA) is 67.2 Å². The van der Waals surface area contributed by atoms with E-state index in [-0.39, 0.29) is 18.4 Å². The average molecular weight is 405 g/mol. The van der Waals surface area contributed by atoms with Crippen molar-refractivity contribution < 1.29 is 9.59 Å². The van der Waals surface area contributed by atoms with Crippen molar-refractivity contribution in [3.63, 3.8) is 0 Å². The quantitative estimate of drug-likeness (QED) is 0.832. The summed E-state index contributed by atoms with van der Waals surface area (Å²) in [6.07, 6.45) is 5.11. The minimum absolute atomic E-state index is 0.0658. The fourth-order valence-electron chi connectivity index (χ4n) is 2.89. The summed E-state index contributed by atoms with van der Waals surface area (Å²) >= 11 is 3.42. The monoisotopic (exact) mass is 404 g/mol. The van der Waals surface area contributed by atoms with Gasteiger partial charge in [-0.15, -0.1) is 0 Å². The highest BCUT2D eigenvalue weighted by molar-refractivity contribution is 9.10. The van der Waals surface area contributed by atoms with Gasteiger partial charge < -0.3 is 10.2 Å². The molecule has 0 bridgehead atoms. The summed E-state index contributed by atoms with van der Waals surface area (Å²) in [5.41, 5.74) is 1.09. The van der Waals surface area contributed by atoms with Crippen LogP contribution in [0.3, 0.4) is 0 Å². The van der Waals surface area contributed by atoms with Gasteiger partial charge in [-0.25, -0.2) is 4.68 Å². The Morgan fingerprint density at radius 2 is 1.96 bits per heavy atom. The van der Waals surface area contributed by atoms with Crippen LogP contribution in [0.25, 0.3) is 0 Å². The number of halogens is 1. The Morgan fingerprint density at radius 1 is 1.16 bits per heavy atom. The Balaban J connectivity index is 1.61. The zero-order chi connectivity index (χ0) is 17.6. The van der Waals surface area contributed by atoms with Gasteiger partial charge in [0, 0.05) is 23.5 Å². The van der Waals surface area contributed by atoms with Crippen LogP contribution >= 0.6 is 15.9 Å². The van der Waals surface area contributed by atoms with Crippen LogP contribution in [0, 0.1) is 0 Å². The summed E-state index contributed by atoms with van der Waals surface area (Å²) in [5, 5.41) is 7.14. The number of likely N-dealkylation sites (tertiary alicyclic amines) is 1. The van der Waals surface area contributed by atoms with Crippen LogP contribution in [0.5, 0.6) is 0 Å². The third-order valence-corrected chi connectivity index (χ3v) is 4.76. The van der Waals surface area contributed by atoms with Crippen LogP contribution in [0.2, 0.25) is 0 Å². The molecule has 0 saturated carbocycles. The molecule has 1 aliphatic heterocycles. The fourth-order valence-corrected chi connectivity index (χ4v) is 3.15. The lowest BCUT2D eigenvalue weighted by molar-refractivity contribution is -0.134. The fraction of sp³-hybridized carbons (Fsp3) is 0.389. The molecule has 2 heterocycles. The predicted molar refractivity (Wildman–Crippen MR) is 99.1 cm³/mol. The van der Waals surface area contributed by atoms with E-state index in [0.717, 1.165) is 29.3 Å². The molecule has 0 spiro atoms. The summed E-state index contributed by atoms with van der Waals surface area (Å²) in [6.45, 7) is 1.32. The number of amides is 2. The number of anilines is 1. The van der Waals surface area contributed by atoms with E-state index in [1.165, 1.54) is 0 Å². The highest BCUT2D eigenvalue weighted by atomic mass is 79.9. The van der Waals surface area contributed by atoms with Gasteiger partial charge in [0.2, 0.25) is 11.8 Å². The number of hydrogen-bond donors (Lipinski definition) is 1. The zero-order valence-corrected chi connectivity index (χ0v) is 15.5. The summed E-state index contributed by atoms with van der Waals surface area (Å²) in [4.78, 5) is 26.0. The number of nitrogens with one attached hydrogen (secondary N) is 1. The highest BCUT2D eigenvalue weighted by Gasteiger charge is 2.19. The number of carbonyl (C=O) groups excluding carboxylic acids is 2. The third-order valence-electron chi connectivity index (χ3n) is 4.24. The van der Waals surface area contributed by atoms with Crippen LogP contribution in [-0.4, -0.2) is 39.6 Å². The maximum atomic E-state index is 12.3. The lowest BCUT2D eigenvalue weighted by Gasteiger charge is -2.20. The lowest BCUT2D eigenvalue weighted by Crippen LogP contribution is -2.37. The van der Waals surface area contributed by atoms with Gasteiger partial charge in [0.1, 0.15) is 5.82 Å². The summed E-state index contributed by atoms with van der Waals surface area (Å²) in [6, 6.07) is 9.73. The van der Waals surface area contributed by atoms with E-state index in [1.807, 2.05) is 24.3 Å². The van der Waals surface area contributed by atoms with Gasteiger partial charge in [-0.05, 0) is 30.5 Å². The molecule has 7 heteroatoms. The first-order valence-corrected chi connectivity index (χ1v) is 9.25. The minimum atomic E-state index is -0.187. The van der Waals surface area contributed by atoms with E-state index in [4.69, 9.17) is 0 Å². The number of carbonyl (C=O) groups is 2. The Hall–Kier alpha value is -2.15. The first kappa shape index (κ1) is 17.7. The van der Waals surface area contributed by atoms with Gasteiger partial charge in [0.25, 0.3) is 0 Å². The number of nitrogens with zero attached hydrogens (tertiary/aromatic N) is 3. The summed E-state index contributed by atoms with van der Waals surface area (Å²) in [5.74, 6) is 0.513. The Bertz CT molecular complexity index is 742. The summed E-state index contributed by atoms with van der Waals surface area (Å²) < 4.78 is 2.76. The summed E-state index contributed by atoms with van der Waals surface area (Å²) in [7, 11) is 0. The second-order valence-electron chi connectivity index (χ2n) is 6.17. The molecular weight excluding hydrogens is 384 g/mol. The molecule has 132 valence electrons. The molecule has 1 saturated heterocycles. The van der Waals surface area contributed by atoms with Crippen molar-refractivity contribution in [2.24, 2.45) is 0 Å². The maximum absolute atomic E-state index is 12.3. The molecule has 0 radical (unpaired) electrons. The highest BCUT2D eigenvalue weighted by Crippen LogP contribution is 2.15. The SMILES string of the molecule is O=C(CN1CCCCCC1=O)Nc1ccnn1Cc1ccc(Br)cc1. The molecule has 1 aromatic heterocycles. The Labute approximate surface area is 155 Å². The van der Waals surface area contributed by atoms with Gasteiger partial charge in [-0.3, -0.25) is 9.59 Å². The molecule has 3 rings (SSSR count). The van der Waals surface area contributed by atoms with E-state index in [2.05, 4.69) is 26.3 Å². The molecule has 1 fully saturated rings. The number of rotatable bonds is 5. The number of hydrogen-bond acceptors (Lipinski definition) is 3. The van der Waals surface area contributed by atoms with Gasteiger partial charge in [0.05, 0.1) is 19.3 Å². The van der Waals surface area contributed by atoms with Crippen LogP contribution in [0.4, 0.5) is 5.82 Å². The molecular formula is C18H21BrN4O2. The standard InChI is InChI=1S/C18H21BrN4O2/c19-15-7-5-14(6-8-15)12-23-16(9-10-20-23)21-17(24)13-22-11-3-1-2-4-18(22)25/h5-10H,1-4,11-13H2,(H,21,24). The van der Waals surface area contributed by atoms with Crippen molar-refractivity contribution in [2.45, 2.75) is 32.2 Å². The Kier molecular flexibility index (Phi) is 5.86. The van der Waals surface area contributed by atoms with E-state index < -0.39 is 0 Å². The van der Waals surface area contributed by atoms with Crippen molar-refractivity contribution >= 4 is 33.6 Å². The van der Waals surface area contributed by atoms with Crippen LogP contribution in [-0.2, 0) is 16.1 Å². The molecule has 0 aliphatic carbocycles. The van der Waals surface area contributed by atoms with E-state index in [9.17, 15) is 9.59 Å². The van der Waals surface area contributed by atoms with Gasteiger partial charge in [-0.1, -0.05) is 34.5 Å². The van der Waals surface area contributed by atoms with Crippen LogP contribution in [0.1, 0.15) is 31.2 Å². The van der Waals surface area contributed by atoms with Crippen molar-refractivity contribution in [3.05, 3.63) is 46.6 Å². The molecule has 25 heavy (non-hydrogen) atoms. The average Bonchev–Trinajstić information content (AvgIpc) is 2.91. The molecule has 6 nitrogen and oxygen atoms in total. The largest absolute Gasteiger partial charge is 0.333 e. The molecule has 1 aliphatic rings. The van der Waals surface area contributed by atoms with Crippen molar-refractivity contribution in [2.75, 3.05) is 18.4 Å². The molecule has 0 atom stereocenters. The van der Waals surface area contributed by atoms with E-state index in [1.54, 1.807) is 21.8 Å². The normalized spacial score (nSPS) is 15.1. The minimum Gasteiger partial charge on any atom is -0.333 e. The van der Waals surface area contributed by atoms with Crippen LogP contribution < -0.4 is 5.32 Å². The molecule has 1 aromatic carbocycles. The van der Waals surface area contributed by atoms with Gasteiger partial charge in [-0.2, -0.15) is 5.10 Å². The molecule has 2 aromatic rings. The Morgan fingerprint density at radius 3 is 2.76 bits per heavy atom. The molecule has 2 amide bonds. The smallest absolute Gasteiger partial charge is 0.245 e. The maximum Gasteiger partial charge on any atom is 0.245 e. The van der Waals surface area contributed by atoms with Gasteiger partial charge in [0.15, 0.2) is 0 Å². The second-order valence-corrected chi connectivity index (χ2v) is 7.09. The van der Waals surface area contributed by atoms with Crippen molar-refractivity contribution in [1.29, 1.82) is 0 Å². The molecule has 1 N–H and O–H groups in total. The first-order valence-electron chi connectivity index (χ1n) is 8.46. The van der Waals surface area contributed by atoms with Crippen LogP contribution in [0.15, 0.2) is 41.0 Å². The van der Waals surface area contributed by atoms with Crippen molar-refractivity contribution in [3.8, 4) is 0 Å². The zero-order valence-electron chi connectivity index (χ0n) is 13.9. The second kappa shape index (κ2) is 8.29. The molecule has 0 unspecified atom stereocenters. The van der Waals surface area contributed by atoms with E-state index >= 15 is 0 Å². The van der Waals surface area contributed by atoms with Gasteiger partial charge >= 0.3 is 0 Å². The van der Waals surface area contributed by atoms with E-state index in [0.29, 0.717) is 25.3 Å². The lowest BCUT2D eigenvalue weighted by atomic mass is 10.2. The third kappa shape index (κ3) is 4.92.